The lowest BCUT2D eigenvalue weighted by molar-refractivity contribution is -0.394. The molecule has 0 unspecified atom stereocenters. The van der Waals surface area contributed by atoms with Gasteiger partial charge in [0.1, 0.15) is 5.56 Å². The molecule has 0 aliphatic carbocycles. The minimum Gasteiger partial charge on any atom is -0.463 e. The van der Waals surface area contributed by atoms with Crippen molar-refractivity contribution in [3.8, 4) is 0 Å². The van der Waals surface area contributed by atoms with Crippen LogP contribution >= 0.6 is 23.5 Å². The number of nitro benzene ring substituents is 2. The van der Waals surface area contributed by atoms with Crippen LogP contribution < -0.4 is 5.32 Å². The Balaban J connectivity index is 3.91. The van der Waals surface area contributed by atoms with Crippen LogP contribution in [0.2, 0.25) is 0 Å². The first-order valence-electron chi connectivity index (χ1n) is 9.49. The number of hydrogen-bond donors (Lipinski definition) is 1. The van der Waals surface area contributed by atoms with Crippen LogP contribution in [-0.4, -0.2) is 56.5 Å². The average Bonchev–Trinajstić information content (AvgIpc) is 2.72. The van der Waals surface area contributed by atoms with Gasteiger partial charge in [0.05, 0.1) is 34.8 Å². The number of benzene rings is 1. The molecule has 32 heavy (non-hydrogen) atoms. The number of rotatable bonds is 12. The summed E-state index contributed by atoms with van der Waals surface area (Å²) in [6, 6.07) is 1.51. The van der Waals surface area contributed by atoms with E-state index in [1.54, 1.807) is 13.8 Å². The number of nitrogens with one attached hydrogen (secondary N) is 1. The summed E-state index contributed by atoms with van der Waals surface area (Å²) in [6.45, 7) is 6.09. The molecular weight excluding hydrogens is 466 g/mol. The number of anilines is 1. The molecule has 0 aromatic heterocycles. The summed E-state index contributed by atoms with van der Waals surface area (Å²) in [5.41, 5.74) is -2.49. The fourth-order valence-electron chi connectivity index (χ4n) is 2.59. The first kappa shape index (κ1) is 27.2. The molecule has 1 aromatic carbocycles. The Morgan fingerprint density at radius 3 is 1.94 bits per heavy atom. The minimum atomic E-state index is -2.25. The number of esters is 2. The van der Waals surface area contributed by atoms with Crippen LogP contribution in [0.4, 0.5) is 17.1 Å². The molecule has 1 rings (SSSR count). The fraction of sp³-hybridized carbons (Fsp3) is 0.500. The number of thioether (sulfide) groups is 2. The molecule has 176 valence electrons. The maximum atomic E-state index is 12.9. The molecule has 0 bridgehead atoms. The van der Waals surface area contributed by atoms with Crippen molar-refractivity contribution in [3.05, 3.63) is 37.9 Å². The molecule has 0 heterocycles. The van der Waals surface area contributed by atoms with Crippen molar-refractivity contribution in [3.63, 3.8) is 0 Å². The highest BCUT2D eigenvalue weighted by Gasteiger charge is 2.51. The van der Waals surface area contributed by atoms with Gasteiger partial charge in [-0.1, -0.05) is 25.6 Å². The van der Waals surface area contributed by atoms with Crippen LogP contribution in [0.3, 0.4) is 0 Å². The Morgan fingerprint density at radius 2 is 1.53 bits per heavy atom. The van der Waals surface area contributed by atoms with Crippen LogP contribution in [-0.2, 0) is 19.1 Å². The number of nitrogens with zero attached hydrogens (tertiary/aromatic N) is 2. The molecule has 0 aliphatic rings. The van der Waals surface area contributed by atoms with Gasteiger partial charge in [0.15, 0.2) is 0 Å². The van der Waals surface area contributed by atoms with Crippen LogP contribution in [0.5, 0.6) is 0 Å². The zero-order valence-corrected chi connectivity index (χ0v) is 19.5. The van der Waals surface area contributed by atoms with Gasteiger partial charge in [0.25, 0.3) is 16.2 Å². The minimum absolute atomic E-state index is 0.0987. The molecule has 0 saturated heterocycles. The second-order valence-electron chi connectivity index (χ2n) is 5.80. The van der Waals surface area contributed by atoms with Crippen molar-refractivity contribution in [2.75, 3.05) is 30.0 Å². The number of non-ortho nitro benzene ring substituents is 1. The number of hydrogen-bond acceptors (Lipinski definition) is 12. The van der Waals surface area contributed by atoms with Crippen LogP contribution in [0.25, 0.3) is 0 Å². The topological polar surface area (TPSA) is 168 Å². The van der Waals surface area contributed by atoms with Crippen molar-refractivity contribution in [2.24, 2.45) is 0 Å². The summed E-state index contributed by atoms with van der Waals surface area (Å²) in [5.74, 6) is -1.69. The molecule has 1 N–H and O–H groups in total. The number of carbonyl (C=O) groups excluding carboxylic acids is 3. The van der Waals surface area contributed by atoms with Crippen molar-refractivity contribution in [1.29, 1.82) is 0 Å². The molecular formula is C18H23N3O9S2. The predicted octanol–water partition coefficient (Wildman–Crippen LogP) is 3.38. The molecule has 0 aliphatic heterocycles. The largest absolute Gasteiger partial charge is 0.463 e. The van der Waals surface area contributed by atoms with Crippen molar-refractivity contribution < 1.29 is 33.7 Å². The highest BCUT2D eigenvalue weighted by Crippen LogP contribution is 2.39. The molecule has 12 nitrogen and oxygen atoms in total. The Labute approximate surface area is 192 Å². The van der Waals surface area contributed by atoms with E-state index in [-0.39, 0.29) is 24.7 Å². The van der Waals surface area contributed by atoms with E-state index in [1.165, 1.54) is 13.8 Å². The summed E-state index contributed by atoms with van der Waals surface area (Å²) in [7, 11) is 0. The quantitative estimate of drug-likeness (QED) is 0.150. The van der Waals surface area contributed by atoms with E-state index in [2.05, 4.69) is 5.32 Å². The molecule has 14 heteroatoms. The Kier molecular flexibility index (Phi) is 10.4. The molecule has 0 saturated carbocycles. The Bertz CT molecular complexity index is 890. The van der Waals surface area contributed by atoms with Crippen molar-refractivity contribution in [1.82, 2.24) is 0 Å². The van der Waals surface area contributed by atoms with Crippen molar-refractivity contribution >= 4 is 57.6 Å². The lowest BCUT2D eigenvalue weighted by Crippen LogP contribution is -2.53. The average molecular weight is 490 g/mol. The number of nitro groups is 2. The number of ether oxygens (including phenoxy) is 2. The predicted molar refractivity (Wildman–Crippen MR) is 120 cm³/mol. The second kappa shape index (κ2) is 12.2. The van der Waals surface area contributed by atoms with Gasteiger partial charge >= 0.3 is 11.9 Å². The van der Waals surface area contributed by atoms with E-state index in [0.29, 0.717) is 6.07 Å². The highest BCUT2D eigenvalue weighted by atomic mass is 32.2. The number of carbonyl (C=O) groups is 3. The standard InChI is InChI=1S/C18H23N3O9S2/c1-5-29-16(23)18(32-8-4,17(24)30-6-2)19-12-9-11(20(25)26)10-13(21(27)28)14(12)15(22)31-7-3/h9-10,19H,5-8H2,1-4H3. The van der Waals surface area contributed by atoms with Gasteiger partial charge in [0.2, 0.25) is 5.12 Å². The van der Waals surface area contributed by atoms with E-state index in [9.17, 15) is 34.6 Å². The molecule has 0 atom stereocenters. The SMILES string of the molecule is CCOC(=O)C(Nc1cc([N+](=O)[O-])cc([N+](=O)[O-])c1C(=O)SCC)(SCC)C(=O)OCC. The lowest BCUT2D eigenvalue weighted by Gasteiger charge is -2.30. The molecule has 0 radical (unpaired) electrons. The monoisotopic (exact) mass is 489 g/mol. The van der Waals surface area contributed by atoms with Gasteiger partial charge in [-0.25, -0.2) is 9.59 Å². The van der Waals surface area contributed by atoms with Gasteiger partial charge in [-0.2, -0.15) is 0 Å². The summed E-state index contributed by atoms with van der Waals surface area (Å²) < 4.78 is 10.0. The third-order valence-corrected chi connectivity index (χ3v) is 5.70. The molecule has 1 aromatic rings. The highest BCUT2D eigenvalue weighted by molar-refractivity contribution is 8.14. The van der Waals surface area contributed by atoms with Gasteiger partial charge < -0.3 is 14.8 Å². The maximum Gasteiger partial charge on any atom is 0.354 e. The zero-order valence-electron chi connectivity index (χ0n) is 17.9. The second-order valence-corrected chi connectivity index (χ2v) is 8.52. The maximum absolute atomic E-state index is 12.9. The normalized spacial score (nSPS) is 10.9. The van der Waals surface area contributed by atoms with E-state index >= 15 is 0 Å². The summed E-state index contributed by atoms with van der Waals surface area (Å²) in [5, 5.41) is 24.8. The Hall–Kier alpha value is -2.87. The summed E-state index contributed by atoms with van der Waals surface area (Å²) in [4.78, 5) is 57.4. The van der Waals surface area contributed by atoms with Gasteiger partial charge in [-0.15, -0.1) is 11.8 Å². The van der Waals surface area contributed by atoms with Gasteiger partial charge in [-0.3, -0.25) is 25.0 Å². The summed E-state index contributed by atoms with van der Waals surface area (Å²) >= 11 is 1.49. The van der Waals surface area contributed by atoms with Gasteiger partial charge in [-0.05, 0) is 25.4 Å². The van der Waals surface area contributed by atoms with E-state index in [1.807, 2.05) is 0 Å². The molecule has 0 amide bonds. The van der Waals surface area contributed by atoms with Crippen LogP contribution in [0.15, 0.2) is 12.1 Å². The van der Waals surface area contributed by atoms with Crippen LogP contribution in [0.1, 0.15) is 38.1 Å². The third kappa shape index (κ3) is 6.09. The lowest BCUT2D eigenvalue weighted by atomic mass is 10.1. The smallest absolute Gasteiger partial charge is 0.354 e. The Morgan fingerprint density at radius 1 is 0.969 bits per heavy atom. The molecule has 0 fully saturated rings. The fourth-order valence-corrected chi connectivity index (χ4v) is 4.18. The van der Waals surface area contributed by atoms with Gasteiger partial charge in [0, 0.05) is 6.07 Å². The first-order chi connectivity index (χ1) is 15.1. The van der Waals surface area contributed by atoms with E-state index in [4.69, 9.17) is 9.47 Å². The zero-order chi connectivity index (χ0) is 24.5. The summed E-state index contributed by atoms with van der Waals surface area (Å²) in [6.07, 6.45) is 0. The van der Waals surface area contributed by atoms with E-state index in [0.717, 1.165) is 29.6 Å². The van der Waals surface area contributed by atoms with Crippen molar-refractivity contribution in [2.45, 2.75) is 32.6 Å². The van der Waals surface area contributed by atoms with Crippen LogP contribution in [0, 0.1) is 20.2 Å². The van der Waals surface area contributed by atoms with E-state index < -0.39 is 54.4 Å². The third-order valence-electron chi connectivity index (χ3n) is 3.79. The molecule has 0 spiro atoms. The first-order valence-corrected chi connectivity index (χ1v) is 11.5.